The molecule has 29 heavy (non-hydrogen) atoms. The number of ether oxygens (including phenoxy) is 1. The van der Waals surface area contributed by atoms with Gasteiger partial charge in [0.25, 0.3) is 5.91 Å². The zero-order valence-electron chi connectivity index (χ0n) is 17.4. The molecule has 0 aromatic heterocycles. The molecule has 0 radical (unpaired) electrons. The Labute approximate surface area is 178 Å². The Bertz CT molecular complexity index is 864. The van der Waals surface area contributed by atoms with Crippen molar-refractivity contribution in [1.29, 1.82) is 0 Å². The number of hydrogen-bond acceptors (Lipinski definition) is 5. The number of carbonyl (C=O) groups excluding carboxylic acids is 1. The molecule has 2 aliphatic heterocycles. The predicted molar refractivity (Wildman–Crippen MR) is 113 cm³/mol. The first-order valence-corrected chi connectivity index (χ1v) is 11.7. The summed E-state index contributed by atoms with van der Waals surface area (Å²) in [5, 5.41) is 6.87. The number of hydrogen-bond donors (Lipinski definition) is 2. The van der Waals surface area contributed by atoms with Gasteiger partial charge in [-0.1, -0.05) is 11.6 Å². The standard InChI is InChI=1S/C20H30ClN3O4S/c1-19(2)12-14(13-20(3,4)23-19)22-18(25)16-11-15(5-6-17(16)21)29(26,27)24-7-9-28-10-8-24/h5-6,11,14,23H,7-10,12-13H2,1-4H3,(H,22,25). The zero-order chi connectivity index (χ0) is 21.4. The van der Waals surface area contributed by atoms with Gasteiger partial charge in [0.2, 0.25) is 10.0 Å². The van der Waals surface area contributed by atoms with E-state index in [4.69, 9.17) is 16.3 Å². The van der Waals surface area contributed by atoms with Crippen molar-refractivity contribution in [3.8, 4) is 0 Å². The Balaban J connectivity index is 1.81. The Morgan fingerprint density at radius 2 is 1.76 bits per heavy atom. The Morgan fingerprint density at radius 1 is 1.17 bits per heavy atom. The molecular weight excluding hydrogens is 414 g/mol. The maximum absolute atomic E-state index is 13.0. The third-order valence-electron chi connectivity index (χ3n) is 5.32. The summed E-state index contributed by atoms with van der Waals surface area (Å²) < 4.78 is 32.4. The number of carbonyl (C=O) groups is 1. The van der Waals surface area contributed by atoms with Crippen LogP contribution in [0.4, 0.5) is 0 Å². The molecule has 2 fully saturated rings. The van der Waals surface area contributed by atoms with E-state index in [1.165, 1.54) is 22.5 Å². The van der Waals surface area contributed by atoms with Gasteiger partial charge < -0.3 is 15.4 Å². The summed E-state index contributed by atoms with van der Waals surface area (Å²) in [6.45, 7) is 9.75. The van der Waals surface area contributed by atoms with E-state index >= 15 is 0 Å². The normalized spacial score (nSPS) is 22.9. The van der Waals surface area contributed by atoms with Crippen LogP contribution in [0.1, 0.15) is 50.9 Å². The zero-order valence-corrected chi connectivity index (χ0v) is 19.0. The number of morpholine rings is 1. The molecule has 2 saturated heterocycles. The molecule has 1 amide bonds. The summed E-state index contributed by atoms with van der Waals surface area (Å²) >= 11 is 6.26. The quantitative estimate of drug-likeness (QED) is 0.746. The van der Waals surface area contributed by atoms with Crippen LogP contribution in [0.25, 0.3) is 0 Å². The van der Waals surface area contributed by atoms with E-state index in [0.29, 0.717) is 26.3 Å². The number of amides is 1. The Hall–Kier alpha value is -1.19. The van der Waals surface area contributed by atoms with Crippen molar-refractivity contribution in [3.05, 3.63) is 28.8 Å². The van der Waals surface area contributed by atoms with Gasteiger partial charge in [0.15, 0.2) is 0 Å². The topological polar surface area (TPSA) is 87.7 Å². The van der Waals surface area contributed by atoms with Gasteiger partial charge in [-0.05, 0) is 58.7 Å². The fourth-order valence-corrected chi connectivity index (χ4v) is 6.10. The molecule has 162 valence electrons. The fourth-order valence-electron chi connectivity index (χ4n) is 4.46. The van der Waals surface area contributed by atoms with E-state index in [9.17, 15) is 13.2 Å². The highest BCUT2D eigenvalue weighted by Gasteiger charge is 2.38. The number of nitrogens with zero attached hydrogens (tertiary/aromatic N) is 1. The fraction of sp³-hybridized carbons (Fsp3) is 0.650. The molecule has 2 N–H and O–H groups in total. The van der Waals surface area contributed by atoms with Gasteiger partial charge in [-0.25, -0.2) is 8.42 Å². The van der Waals surface area contributed by atoms with Crippen molar-refractivity contribution in [2.24, 2.45) is 0 Å². The van der Waals surface area contributed by atoms with Crippen molar-refractivity contribution in [3.63, 3.8) is 0 Å². The first-order valence-electron chi connectivity index (χ1n) is 9.87. The van der Waals surface area contributed by atoms with Crippen LogP contribution in [0.3, 0.4) is 0 Å². The maximum atomic E-state index is 13.0. The molecule has 0 saturated carbocycles. The minimum Gasteiger partial charge on any atom is -0.379 e. The van der Waals surface area contributed by atoms with Crippen molar-refractivity contribution in [2.45, 2.75) is 62.6 Å². The first-order chi connectivity index (χ1) is 13.4. The second-order valence-electron chi connectivity index (χ2n) is 9.13. The van der Waals surface area contributed by atoms with E-state index < -0.39 is 10.0 Å². The lowest BCUT2D eigenvalue weighted by Crippen LogP contribution is -2.62. The monoisotopic (exact) mass is 443 g/mol. The van der Waals surface area contributed by atoms with Crippen LogP contribution in [0.5, 0.6) is 0 Å². The predicted octanol–water partition coefficient (Wildman–Crippen LogP) is 2.40. The van der Waals surface area contributed by atoms with Crippen LogP contribution >= 0.6 is 11.6 Å². The summed E-state index contributed by atoms with van der Waals surface area (Å²) in [7, 11) is -3.70. The molecule has 0 spiro atoms. The Kier molecular flexibility index (Phi) is 6.32. The van der Waals surface area contributed by atoms with E-state index in [0.717, 1.165) is 12.8 Å². The SMILES string of the molecule is CC1(C)CC(NC(=O)c2cc(S(=O)(=O)N3CCOCC3)ccc2Cl)CC(C)(C)N1. The van der Waals surface area contributed by atoms with Crippen LogP contribution in [0.15, 0.2) is 23.1 Å². The van der Waals surface area contributed by atoms with Gasteiger partial charge in [0.05, 0.1) is 28.7 Å². The maximum Gasteiger partial charge on any atom is 0.253 e. The highest BCUT2D eigenvalue weighted by Crippen LogP contribution is 2.29. The average molecular weight is 444 g/mol. The van der Waals surface area contributed by atoms with Crippen molar-refractivity contribution >= 4 is 27.5 Å². The van der Waals surface area contributed by atoms with Crippen molar-refractivity contribution in [1.82, 2.24) is 14.9 Å². The van der Waals surface area contributed by atoms with E-state index in [1.54, 1.807) is 0 Å². The van der Waals surface area contributed by atoms with Crippen LogP contribution in [0, 0.1) is 0 Å². The highest BCUT2D eigenvalue weighted by molar-refractivity contribution is 7.89. The lowest BCUT2D eigenvalue weighted by atomic mass is 9.79. The number of halogens is 1. The number of rotatable bonds is 4. The van der Waals surface area contributed by atoms with Crippen molar-refractivity contribution < 1.29 is 17.9 Å². The largest absolute Gasteiger partial charge is 0.379 e. The van der Waals surface area contributed by atoms with Crippen LogP contribution in [-0.4, -0.2) is 62.1 Å². The molecule has 0 aliphatic carbocycles. The minimum absolute atomic E-state index is 0.0377. The van der Waals surface area contributed by atoms with E-state index in [-0.39, 0.29) is 38.5 Å². The third kappa shape index (κ3) is 5.30. The van der Waals surface area contributed by atoms with Crippen LogP contribution in [0.2, 0.25) is 5.02 Å². The van der Waals surface area contributed by atoms with Crippen molar-refractivity contribution in [2.75, 3.05) is 26.3 Å². The second-order valence-corrected chi connectivity index (χ2v) is 11.5. The summed E-state index contributed by atoms with van der Waals surface area (Å²) in [6.07, 6.45) is 1.54. The molecule has 9 heteroatoms. The number of benzene rings is 1. The summed E-state index contributed by atoms with van der Waals surface area (Å²) in [4.78, 5) is 13.0. The van der Waals surface area contributed by atoms with Gasteiger partial charge in [-0.2, -0.15) is 4.31 Å². The van der Waals surface area contributed by atoms with Gasteiger partial charge in [0.1, 0.15) is 0 Å². The lowest BCUT2D eigenvalue weighted by molar-refractivity contribution is 0.0730. The minimum atomic E-state index is -3.70. The summed E-state index contributed by atoms with van der Waals surface area (Å²) in [5.41, 5.74) is -0.0640. The van der Waals surface area contributed by atoms with E-state index in [1.807, 2.05) is 0 Å². The van der Waals surface area contributed by atoms with E-state index in [2.05, 4.69) is 38.3 Å². The van der Waals surface area contributed by atoms with Gasteiger partial charge in [-0.3, -0.25) is 4.79 Å². The number of nitrogens with one attached hydrogen (secondary N) is 2. The smallest absolute Gasteiger partial charge is 0.253 e. The molecule has 1 aromatic carbocycles. The lowest BCUT2D eigenvalue weighted by Gasteiger charge is -2.46. The average Bonchev–Trinajstić information content (AvgIpc) is 2.59. The molecule has 2 heterocycles. The number of piperidine rings is 1. The molecule has 2 aliphatic rings. The van der Waals surface area contributed by atoms with Crippen LogP contribution in [-0.2, 0) is 14.8 Å². The number of sulfonamides is 1. The first kappa shape index (κ1) is 22.5. The second kappa shape index (κ2) is 8.15. The van der Waals surface area contributed by atoms with Crippen LogP contribution < -0.4 is 10.6 Å². The molecule has 7 nitrogen and oxygen atoms in total. The summed E-state index contributed by atoms with van der Waals surface area (Å²) in [6, 6.07) is 4.25. The molecule has 0 unspecified atom stereocenters. The van der Waals surface area contributed by atoms with Gasteiger partial charge >= 0.3 is 0 Å². The molecule has 3 rings (SSSR count). The molecular formula is C20H30ClN3O4S. The molecule has 0 atom stereocenters. The highest BCUT2D eigenvalue weighted by atomic mass is 35.5. The Morgan fingerprint density at radius 3 is 2.34 bits per heavy atom. The molecule has 1 aromatic rings. The molecule has 0 bridgehead atoms. The summed E-state index contributed by atoms with van der Waals surface area (Å²) in [5.74, 6) is -0.354. The third-order valence-corrected chi connectivity index (χ3v) is 7.54. The van der Waals surface area contributed by atoms with Gasteiger partial charge in [-0.15, -0.1) is 0 Å². The van der Waals surface area contributed by atoms with Gasteiger partial charge in [0, 0.05) is 30.2 Å².